The number of hydrogen-bond donors (Lipinski definition) is 0. The zero-order chi connectivity index (χ0) is 9.26. The quantitative estimate of drug-likeness (QED) is 0.731. The summed E-state index contributed by atoms with van der Waals surface area (Å²) in [6.07, 6.45) is 1.91. The fourth-order valence-electron chi connectivity index (χ4n) is 1.39. The first kappa shape index (κ1) is 8.63. The summed E-state index contributed by atoms with van der Waals surface area (Å²) in [6.45, 7) is 4.23. The van der Waals surface area contributed by atoms with Crippen molar-refractivity contribution in [2.24, 2.45) is 0 Å². The summed E-state index contributed by atoms with van der Waals surface area (Å²) in [6, 6.07) is 2.11. The Morgan fingerprint density at radius 3 is 2.77 bits per heavy atom. The number of hydrogen-bond acceptors (Lipinski definition) is 3. The summed E-state index contributed by atoms with van der Waals surface area (Å²) in [5.74, 6) is 0.965. The van der Waals surface area contributed by atoms with Gasteiger partial charge in [0.15, 0.2) is 0 Å². The molecule has 0 aromatic carbocycles. The summed E-state index contributed by atoms with van der Waals surface area (Å²) in [5.41, 5.74) is 1.18. The highest BCUT2D eigenvalue weighted by molar-refractivity contribution is 7.16. The SMILES string of the molecule is CCc1nc(CC)c2ccsc2n1. The maximum atomic E-state index is 4.51. The highest BCUT2D eigenvalue weighted by Gasteiger charge is 2.05. The number of nitrogens with zero attached hydrogens (tertiary/aromatic N) is 2. The molecule has 68 valence electrons. The number of thiophene rings is 1. The van der Waals surface area contributed by atoms with E-state index < -0.39 is 0 Å². The molecule has 0 bridgehead atoms. The second-order valence-electron chi connectivity index (χ2n) is 2.93. The van der Waals surface area contributed by atoms with Gasteiger partial charge in [-0.1, -0.05) is 13.8 Å². The Bertz CT molecular complexity index is 420. The first-order chi connectivity index (χ1) is 6.35. The van der Waals surface area contributed by atoms with Gasteiger partial charge in [-0.25, -0.2) is 9.97 Å². The van der Waals surface area contributed by atoms with Crippen LogP contribution in [0.15, 0.2) is 11.4 Å². The average molecular weight is 192 g/mol. The minimum absolute atomic E-state index is 0.918. The predicted octanol–water partition coefficient (Wildman–Crippen LogP) is 2.82. The second kappa shape index (κ2) is 3.42. The Hall–Kier alpha value is -0.960. The van der Waals surface area contributed by atoms with E-state index in [1.807, 2.05) is 0 Å². The summed E-state index contributed by atoms with van der Waals surface area (Å²) in [5, 5.41) is 3.31. The molecule has 0 aliphatic carbocycles. The van der Waals surface area contributed by atoms with Crippen molar-refractivity contribution in [3.8, 4) is 0 Å². The molecule has 2 aromatic heterocycles. The Balaban J connectivity index is 2.70. The van der Waals surface area contributed by atoms with Crippen LogP contribution in [-0.4, -0.2) is 9.97 Å². The molecule has 2 heterocycles. The van der Waals surface area contributed by atoms with Gasteiger partial charge in [-0.2, -0.15) is 0 Å². The highest BCUT2D eigenvalue weighted by Crippen LogP contribution is 2.21. The van der Waals surface area contributed by atoms with E-state index in [0.717, 1.165) is 23.5 Å². The summed E-state index contributed by atoms with van der Waals surface area (Å²) >= 11 is 1.70. The van der Waals surface area contributed by atoms with E-state index in [-0.39, 0.29) is 0 Å². The van der Waals surface area contributed by atoms with Crippen LogP contribution in [0.1, 0.15) is 25.4 Å². The van der Waals surface area contributed by atoms with Gasteiger partial charge in [-0.3, -0.25) is 0 Å². The number of rotatable bonds is 2. The van der Waals surface area contributed by atoms with Gasteiger partial charge in [0.2, 0.25) is 0 Å². The van der Waals surface area contributed by atoms with Gasteiger partial charge in [0.25, 0.3) is 0 Å². The average Bonchev–Trinajstić information content (AvgIpc) is 2.63. The molecular weight excluding hydrogens is 180 g/mol. The van der Waals surface area contributed by atoms with Crippen molar-refractivity contribution in [2.75, 3.05) is 0 Å². The van der Waals surface area contributed by atoms with E-state index >= 15 is 0 Å². The van der Waals surface area contributed by atoms with Crippen LogP contribution in [0.25, 0.3) is 10.2 Å². The number of fused-ring (bicyclic) bond motifs is 1. The molecule has 2 nitrogen and oxygen atoms in total. The normalized spacial score (nSPS) is 10.9. The minimum atomic E-state index is 0.918. The third-order valence-corrected chi connectivity index (χ3v) is 2.91. The van der Waals surface area contributed by atoms with Gasteiger partial charge in [0.1, 0.15) is 10.7 Å². The van der Waals surface area contributed by atoms with E-state index in [0.29, 0.717) is 0 Å². The number of aromatic nitrogens is 2. The molecule has 0 unspecified atom stereocenters. The molecule has 0 atom stereocenters. The van der Waals surface area contributed by atoms with Gasteiger partial charge < -0.3 is 0 Å². The van der Waals surface area contributed by atoms with Crippen molar-refractivity contribution >= 4 is 21.6 Å². The first-order valence-corrected chi connectivity index (χ1v) is 5.46. The van der Waals surface area contributed by atoms with Crippen LogP contribution in [0.5, 0.6) is 0 Å². The molecular formula is C10H12N2S. The van der Waals surface area contributed by atoms with Crippen LogP contribution in [0.4, 0.5) is 0 Å². The lowest BCUT2D eigenvalue weighted by Gasteiger charge is -2.01. The zero-order valence-electron chi connectivity index (χ0n) is 7.87. The maximum absolute atomic E-state index is 4.51. The van der Waals surface area contributed by atoms with E-state index in [1.54, 1.807) is 11.3 Å². The molecule has 2 aromatic rings. The fraction of sp³-hybridized carbons (Fsp3) is 0.400. The summed E-state index contributed by atoms with van der Waals surface area (Å²) < 4.78 is 0. The Morgan fingerprint density at radius 1 is 1.23 bits per heavy atom. The lowest BCUT2D eigenvalue weighted by molar-refractivity contribution is 0.915. The van der Waals surface area contributed by atoms with E-state index in [4.69, 9.17) is 0 Å². The van der Waals surface area contributed by atoms with Crippen molar-refractivity contribution < 1.29 is 0 Å². The smallest absolute Gasteiger partial charge is 0.130 e. The van der Waals surface area contributed by atoms with Gasteiger partial charge in [0.05, 0.1) is 5.69 Å². The molecule has 0 fully saturated rings. The Labute approximate surface area is 81.7 Å². The van der Waals surface area contributed by atoms with Crippen LogP contribution >= 0.6 is 11.3 Å². The molecule has 0 amide bonds. The van der Waals surface area contributed by atoms with Crippen molar-refractivity contribution in [1.82, 2.24) is 9.97 Å². The molecule has 0 saturated heterocycles. The van der Waals surface area contributed by atoms with E-state index in [2.05, 4.69) is 35.3 Å². The van der Waals surface area contributed by atoms with Crippen LogP contribution in [0.3, 0.4) is 0 Å². The van der Waals surface area contributed by atoms with Crippen LogP contribution in [0.2, 0.25) is 0 Å². The maximum Gasteiger partial charge on any atom is 0.130 e. The van der Waals surface area contributed by atoms with Crippen molar-refractivity contribution in [1.29, 1.82) is 0 Å². The fourth-order valence-corrected chi connectivity index (χ4v) is 2.20. The van der Waals surface area contributed by atoms with Crippen molar-refractivity contribution in [3.63, 3.8) is 0 Å². The molecule has 0 saturated carbocycles. The zero-order valence-corrected chi connectivity index (χ0v) is 8.69. The molecule has 0 aliphatic heterocycles. The molecule has 2 rings (SSSR count). The molecule has 13 heavy (non-hydrogen) atoms. The third-order valence-electron chi connectivity index (χ3n) is 2.10. The standard InChI is InChI=1S/C10H12N2S/c1-3-8-7-5-6-13-10(7)12-9(4-2)11-8/h5-6H,3-4H2,1-2H3. The molecule has 0 spiro atoms. The summed E-state index contributed by atoms with van der Waals surface area (Å²) in [4.78, 5) is 10.1. The van der Waals surface area contributed by atoms with Crippen LogP contribution in [0, 0.1) is 0 Å². The molecule has 0 aliphatic rings. The van der Waals surface area contributed by atoms with Gasteiger partial charge >= 0.3 is 0 Å². The van der Waals surface area contributed by atoms with Gasteiger partial charge in [0, 0.05) is 11.8 Å². The van der Waals surface area contributed by atoms with E-state index in [1.165, 1.54) is 11.1 Å². The second-order valence-corrected chi connectivity index (χ2v) is 3.83. The van der Waals surface area contributed by atoms with Crippen molar-refractivity contribution in [2.45, 2.75) is 26.7 Å². The lowest BCUT2D eigenvalue weighted by atomic mass is 10.2. The number of aryl methyl sites for hydroxylation is 2. The minimum Gasteiger partial charge on any atom is -0.237 e. The Kier molecular flexibility index (Phi) is 2.27. The lowest BCUT2D eigenvalue weighted by Crippen LogP contribution is -1.97. The largest absolute Gasteiger partial charge is 0.237 e. The topological polar surface area (TPSA) is 25.8 Å². The highest BCUT2D eigenvalue weighted by atomic mass is 32.1. The van der Waals surface area contributed by atoms with Crippen LogP contribution < -0.4 is 0 Å². The first-order valence-electron chi connectivity index (χ1n) is 4.58. The molecule has 3 heteroatoms. The van der Waals surface area contributed by atoms with Gasteiger partial charge in [-0.15, -0.1) is 11.3 Å². The van der Waals surface area contributed by atoms with Crippen molar-refractivity contribution in [3.05, 3.63) is 23.0 Å². The molecule has 0 N–H and O–H groups in total. The third kappa shape index (κ3) is 1.44. The van der Waals surface area contributed by atoms with E-state index in [9.17, 15) is 0 Å². The monoisotopic (exact) mass is 192 g/mol. The molecule has 0 radical (unpaired) electrons. The van der Waals surface area contributed by atoms with Crippen LogP contribution in [-0.2, 0) is 12.8 Å². The Morgan fingerprint density at radius 2 is 2.08 bits per heavy atom. The predicted molar refractivity (Wildman–Crippen MR) is 56.2 cm³/mol. The van der Waals surface area contributed by atoms with Gasteiger partial charge in [-0.05, 0) is 17.9 Å². The summed E-state index contributed by atoms with van der Waals surface area (Å²) in [7, 11) is 0.